The number of benzene rings is 1. The first-order valence-corrected chi connectivity index (χ1v) is 11.9. The third-order valence-electron chi connectivity index (χ3n) is 7.69. The van der Waals surface area contributed by atoms with Gasteiger partial charge in [-0.1, -0.05) is 30.3 Å². The standard InChI is InChI=1S/C25H34N4O2/c30-24-25(18-23(31-24)19-28-17-11-26-20-28)9-15-29(16-10-25)22-7-13-27(14-8-22)12-6-21-4-2-1-3-5-21/h1-5,11,17,20,22-23H,6-10,12-16,18-19H2. The van der Waals surface area contributed by atoms with Crippen molar-refractivity contribution >= 4 is 5.97 Å². The van der Waals surface area contributed by atoms with Gasteiger partial charge in [-0.3, -0.25) is 4.79 Å². The van der Waals surface area contributed by atoms with Crippen LogP contribution in [0.25, 0.3) is 0 Å². The van der Waals surface area contributed by atoms with Crippen LogP contribution >= 0.6 is 0 Å². The molecule has 5 rings (SSSR count). The third kappa shape index (κ3) is 4.70. The number of carbonyl (C=O) groups excluding carboxylic acids is 1. The molecule has 3 fully saturated rings. The molecule has 2 aromatic rings. The Bertz CT molecular complexity index is 838. The van der Waals surface area contributed by atoms with Crippen LogP contribution in [-0.4, -0.2) is 70.2 Å². The predicted molar refractivity (Wildman–Crippen MR) is 120 cm³/mol. The molecule has 0 saturated carbocycles. The molecule has 3 aliphatic rings. The van der Waals surface area contributed by atoms with Crippen LogP contribution in [-0.2, 0) is 22.5 Å². The number of cyclic esters (lactones) is 1. The molecular formula is C25H34N4O2. The molecule has 1 atom stereocenters. The maximum Gasteiger partial charge on any atom is 0.312 e. The molecule has 0 aliphatic carbocycles. The normalized spacial score (nSPS) is 25.2. The van der Waals surface area contributed by atoms with Gasteiger partial charge in [0.1, 0.15) is 6.10 Å². The van der Waals surface area contributed by atoms with Crippen molar-refractivity contribution in [1.82, 2.24) is 19.4 Å². The molecule has 1 aromatic carbocycles. The van der Waals surface area contributed by atoms with Gasteiger partial charge in [0, 0.05) is 31.4 Å². The zero-order valence-electron chi connectivity index (χ0n) is 18.4. The summed E-state index contributed by atoms with van der Waals surface area (Å²) in [5, 5.41) is 0. The average Bonchev–Trinajstić information content (AvgIpc) is 3.42. The Balaban J connectivity index is 1.07. The molecule has 4 heterocycles. The molecule has 6 heteroatoms. The van der Waals surface area contributed by atoms with Gasteiger partial charge in [0.25, 0.3) is 0 Å². The number of esters is 1. The van der Waals surface area contributed by atoms with Crippen LogP contribution in [0.5, 0.6) is 0 Å². The average molecular weight is 423 g/mol. The number of imidazole rings is 1. The summed E-state index contributed by atoms with van der Waals surface area (Å²) in [4.78, 5) is 22.1. The van der Waals surface area contributed by atoms with Crippen molar-refractivity contribution in [1.29, 1.82) is 0 Å². The molecule has 1 spiro atoms. The van der Waals surface area contributed by atoms with Gasteiger partial charge in [-0.05, 0) is 63.8 Å². The van der Waals surface area contributed by atoms with Gasteiger partial charge >= 0.3 is 5.97 Å². The topological polar surface area (TPSA) is 50.6 Å². The van der Waals surface area contributed by atoms with E-state index in [0.717, 1.165) is 51.9 Å². The molecule has 3 saturated heterocycles. The lowest BCUT2D eigenvalue weighted by molar-refractivity contribution is -0.151. The van der Waals surface area contributed by atoms with Crippen LogP contribution in [0.15, 0.2) is 49.1 Å². The summed E-state index contributed by atoms with van der Waals surface area (Å²) in [6.45, 7) is 6.31. The van der Waals surface area contributed by atoms with E-state index in [9.17, 15) is 4.79 Å². The number of hydrogen-bond acceptors (Lipinski definition) is 5. The summed E-state index contributed by atoms with van der Waals surface area (Å²) in [5.41, 5.74) is 1.18. The van der Waals surface area contributed by atoms with E-state index in [1.54, 1.807) is 12.5 Å². The monoisotopic (exact) mass is 422 g/mol. The Morgan fingerprint density at radius 2 is 1.84 bits per heavy atom. The summed E-state index contributed by atoms with van der Waals surface area (Å²) < 4.78 is 7.78. The maximum atomic E-state index is 12.7. The number of piperidine rings is 2. The largest absolute Gasteiger partial charge is 0.460 e. The molecule has 3 aliphatic heterocycles. The van der Waals surface area contributed by atoms with Crippen LogP contribution in [0.4, 0.5) is 0 Å². The Morgan fingerprint density at radius 3 is 2.55 bits per heavy atom. The predicted octanol–water partition coefficient (Wildman–Crippen LogP) is 2.99. The fourth-order valence-corrected chi connectivity index (χ4v) is 5.73. The number of rotatable bonds is 6. The van der Waals surface area contributed by atoms with Gasteiger partial charge in [0.15, 0.2) is 0 Å². The number of ether oxygens (including phenoxy) is 1. The van der Waals surface area contributed by atoms with Gasteiger partial charge in [-0.25, -0.2) is 4.98 Å². The highest BCUT2D eigenvalue weighted by atomic mass is 16.6. The molecule has 0 bridgehead atoms. The molecule has 1 unspecified atom stereocenters. The van der Waals surface area contributed by atoms with Gasteiger partial charge in [-0.15, -0.1) is 0 Å². The lowest BCUT2D eigenvalue weighted by Crippen LogP contribution is -2.50. The van der Waals surface area contributed by atoms with Gasteiger partial charge in [-0.2, -0.15) is 0 Å². The van der Waals surface area contributed by atoms with Crippen molar-refractivity contribution in [2.45, 2.75) is 57.2 Å². The molecule has 6 nitrogen and oxygen atoms in total. The summed E-state index contributed by atoms with van der Waals surface area (Å²) in [5.74, 6) is 0.0352. The smallest absolute Gasteiger partial charge is 0.312 e. The van der Waals surface area contributed by atoms with Crippen molar-refractivity contribution in [2.75, 3.05) is 32.7 Å². The summed E-state index contributed by atoms with van der Waals surface area (Å²) in [6.07, 6.45) is 11.9. The Labute approximate surface area is 185 Å². The zero-order chi connectivity index (χ0) is 21.1. The Hall–Kier alpha value is -2.18. The van der Waals surface area contributed by atoms with Gasteiger partial charge < -0.3 is 19.1 Å². The highest BCUT2D eigenvalue weighted by molar-refractivity contribution is 5.79. The highest BCUT2D eigenvalue weighted by Crippen LogP contribution is 2.44. The fraction of sp³-hybridized carbons (Fsp3) is 0.600. The molecule has 0 radical (unpaired) electrons. The van der Waals surface area contributed by atoms with Crippen LogP contribution in [0, 0.1) is 5.41 Å². The molecule has 1 aromatic heterocycles. The number of aromatic nitrogens is 2. The number of hydrogen-bond donors (Lipinski definition) is 0. The maximum absolute atomic E-state index is 12.7. The Kier molecular flexibility index (Phi) is 6.10. The van der Waals surface area contributed by atoms with Crippen molar-refractivity contribution in [3.05, 3.63) is 54.6 Å². The van der Waals surface area contributed by atoms with Crippen molar-refractivity contribution < 1.29 is 9.53 Å². The van der Waals surface area contributed by atoms with Crippen molar-refractivity contribution in [3.63, 3.8) is 0 Å². The fourth-order valence-electron chi connectivity index (χ4n) is 5.73. The van der Waals surface area contributed by atoms with E-state index < -0.39 is 0 Å². The van der Waals surface area contributed by atoms with Crippen LogP contribution in [0.2, 0.25) is 0 Å². The second kappa shape index (κ2) is 9.13. The third-order valence-corrected chi connectivity index (χ3v) is 7.69. The minimum atomic E-state index is -0.252. The zero-order valence-corrected chi connectivity index (χ0v) is 18.4. The van der Waals surface area contributed by atoms with Crippen molar-refractivity contribution in [3.8, 4) is 0 Å². The van der Waals surface area contributed by atoms with Crippen LogP contribution in [0.1, 0.15) is 37.7 Å². The van der Waals surface area contributed by atoms with E-state index in [2.05, 4.69) is 45.1 Å². The molecule has 31 heavy (non-hydrogen) atoms. The summed E-state index contributed by atoms with van der Waals surface area (Å²) in [7, 11) is 0. The quantitative estimate of drug-likeness (QED) is 0.670. The van der Waals surface area contributed by atoms with E-state index in [4.69, 9.17) is 4.74 Å². The van der Waals surface area contributed by atoms with E-state index in [-0.39, 0.29) is 17.5 Å². The second-order valence-corrected chi connectivity index (χ2v) is 9.62. The van der Waals surface area contributed by atoms with E-state index >= 15 is 0 Å². The van der Waals surface area contributed by atoms with Crippen LogP contribution < -0.4 is 0 Å². The molecular weight excluding hydrogens is 388 g/mol. The SMILES string of the molecule is O=C1OC(Cn2ccnc2)CC12CCN(C1CCN(CCc3ccccc3)CC1)CC2. The van der Waals surface area contributed by atoms with Gasteiger partial charge in [0.2, 0.25) is 0 Å². The highest BCUT2D eigenvalue weighted by Gasteiger charge is 2.50. The lowest BCUT2D eigenvalue weighted by atomic mass is 9.75. The van der Waals surface area contributed by atoms with Crippen LogP contribution in [0.3, 0.4) is 0 Å². The van der Waals surface area contributed by atoms with Gasteiger partial charge in [0.05, 0.1) is 18.3 Å². The second-order valence-electron chi connectivity index (χ2n) is 9.62. The van der Waals surface area contributed by atoms with E-state index in [1.807, 2.05) is 10.8 Å². The summed E-state index contributed by atoms with van der Waals surface area (Å²) in [6, 6.07) is 11.5. The number of carbonyl (C=O) groups is 1. The molecule has 166 valence electrons. The Morgan fingerprint density at radius 1 is 1.06 bits per heavy atom. The molecule has 0 N–H and O–H groups in total. The first-order valence-electron chi connectivity index (χ1n) is 11.9. The number of nitrogens with zero attached hydrogens (tertiary/aromatic N) is 4. The van der Waals surface area contributed by atoms with Crippen molar-refractivity contribution in [2.24, 2.45) is 5.41 Å². The minimum Gasteiger partial charge on any atom is -0.460 e. The summed E-state index contributed by atoms with van der Waals surface area (Å²) >= 11 is 0. The molecule has 0 amide bonds. The lowest BCUT2D eigenvalue weighted by Gasteiger charge is -2.43. The van der Waals surface area contributed by atoms with E-state index in [1.165, 1.54) is 31.5 Å². The first-order chi connectivity index (χ1) is 15.2. The number of likely N-dealkylation sites (tertiary alicyclic amines) is 2. The first kappa shape index (κ1) is 20.7. The van der Waals surface area contributed by atoms with E-state index in [0.29, 0.717) is 6.04 Å². The minimum absolute atomic E-state index is 0.0129.